The van der Waals surface area contributed by atoms with Gasteiger partial charge in [0.05, 0.1) is 11.8 Å². The molecule has 1 aliphatic heterocycles. The maximum absolute atomic E-state index is 14.1. The minimum atomic E-state index is -0.667. The monoisotopic (exact) mass is 280 g/mol. The molecule has 0 unspecified atom stereocenters. The number of nitrogens with zero attached hydrogens (tertiary/aromatic N) is 1. The number of primary amides is 1. The zero-order valence-corrected chi connectivity index (χ0v) is 11.7. The molecule has 0 aromatic heterocycles. The van der Waals surface area contributed by atoms with Gasteiger partial charge in [0.15, 0.2) is 0 Å². The van der Waals surface area contributed by atoms with Gasteiger partial charge in [0.1, 0.15) is 5.82 Å². The predicted molar refractivity (Wildman–Crippen MR) is 75.8 cm³/mol. The Bertz CT molecular complexity index is 483. The topological polar surface area (TPSA) is 66.6 Å². The number of aliphatic hydroxyl groups is 1. The Hall–Kier alpha value is -1.62. The number of nitrogens with two attached hydrogens (primary N) is 1. The van der Waals surface area contributed by atoms with Crippen LogP contribution < -0.4 is 10.6 Å². The lowest BCUT2D eigenvalue weighted by Crippen LogP contribution is -2.35. The van der Waals surface area contributed by atoms with Crippen molar-refractivity contribution in [2.75, 3.05) is 18.0 Å². The van der Waals surface area contributed by atoms with Gasteiger partial charge < -0.3 is 15.7 Å². The summed E-state index contributed by atoms with van der Waals surface area (Å²) in [5, 5.41) is 9.44. The van der Waals surface area contributed by atoms with E-state index >= 15 is 0 Å². The highest BCUT2D eigenvalue weighted by atomic mass is 19.1. The molecule has 3 N–H and O–H groups in total. The fraction of sp³-hybridized carbons (Fsp3) is 0.533. The second kappa shape index (κ2) is 6.22. The first-order valence-electron chi connectivity index (χ1n) is 6.98. The summed E-state index contributed by atoms with van der Waals surface area (Å²) in [6, 6.07) is 4.85. The molecule has 1 fully saturated rings. The van der Waals surface area contributed by atoms with Gasteiger partial charge in [-0.1, -0.05) is 6.07 Å². The highest BCUT2D eigenvalue weighted by Gasteiger charge is 2.22. The van der Waals surface area contributed by atoms with Crippen LogP contribution in [0.25, 0.3) is 0 Å². The first-order chi connectivity index (χ1) is 9.47. The summed E-state index contributed by atoms with van der Waals surface area (Å²) in [6.45, 7) is 3.07. The average Bonchev–Trinajstić information content (AvgIpc) is 2.39. The molecule has 0 saturated carbocycles. The Labute approximate surface area is 118 Å². The molecule has 0 aliphatic carbocycles. The van der Waals surface area contributed by atoms with Crippen molar-refractivity contribution in [1.82, 2.24) is 0 Å². The third-order valence-corrected chi connectivity index (χ3v) is 3.90. The number of hydrogen-bond donors (Lipinski definition) is 2. The molecule has 1 aromatic carbocycles. The van der Waals surface area contributed by atoms with E-state index in [1.54, 1.807) is 19.1 Å². The largest absolute Gasteiger partial charge is 0.389 e. The van der Waals surface area contributed by atoms with Gasteiger partial charge in [0.25, 0.3) is 0 Å². The molecular formula is C15H21FN2O2. The van der Waals surface area contributed by atoms with Crippen LogP contribution in [0.2, 0.25) is 0 Å². The SMILES string of the molecule is C[C@@H](O)c1ccc(N2CCC(CC(N)=O)CC2)c(F)c1. The van der Waals surface area contributed by atoms with E-state index in [9.17, 15) is 14.3 Å². The Morgan fingerprint density at radius 3 is 2.65 bits per heavy atom. The van der Waals surface area contributed by atoms with E-state index in [1.165, 1.54) is 6.07 Å². The third kappa shape index (κ3) is 3.48. The van der Waals surface area contributed by atoms with Crippen molar-refractivity contribution in [3.05, 3.63) is 29.6 Å². The van der Waals surface area contributed by atoms with Crippen molar-refractivity contribution in [3.63, 3.8) is 0 Å². The number of halogens is 1. The summed E-state index contributed by atoms with van der Waals surface area (Å²) in [5.74, 6) is -0.267. The molecule has 1 amide bonds. The molecule has 2 rings (SSSR count). The molecule has 4 nitrogen and oxygen atoms in total. The predicted octanol–water partition coefficient (Wildman–Crippen LogP) is 1.97. The second-order valence-electron chi connectivity index (χ2n) is 5.49. The fourth-order valence-electron chi connectivity index (χ4n) is 2.70. The Morgan fingerprint density at radius 2 is 2.15 bits per heavy atom. The normalized spacial score (nSPS) is 18.1. The lowest BCUT2D eigenvalue weighted by Gasteiger charge is -2.33. The van der Waals surface area contributed by atoms with Gasteiger partial charge in [0.2, 0.25) is 5.91 Å². The lowest BCUT2D eigenvalue weighted by molar-refractivity contribution is -0.119. The number of rotatable bonds is 4. The maximum atomic E-state index is 14.1. The molecule has 1 heterocycles. The molecule has 0 bridgehead atoms. The molecule has 1 aromatic rings. The van der Waals surface area contributed by atoms with Crippen molar-refractivity contribution in [1.29, 1.82) is 0 Å². The minimum absolute atomic E-state index is 0.268. The number of benzene rings is 1. The maximum Gasteiger partial charge on any atom is 0.217 e. The van der Waals surface area contributed by atoms with Crippen molar-refractivity contribution in [2.45, 2.75) is 32.3 Å². The quantitative estimate of drug-likeness (QED) is 0.886. The van der Waals surface area contributed by atoms with Gasteiger partial charge in [-0.3, -0.25) is 4.79 Å². The van der Waals surface area contributed by atoms with Gasteiger partial charge >= 0.3 is 0 Å². The highest BCUT2D eigenvalue weighted by Crippen LogP contribution is 2.28. The molecular weight excluding hydrogens is 259 g/mol. The minimum Gasteiger partial charge on any atom is -0.389 e. The van der Waals surface area contributed by atoms with Gasteiger partial charge in [-0.15, -0.1) is 0 Å². The van der Waals surface area contributed by atoms with Crippen LogP contribution in [0.15, 0.2) is 18.2 Å². The van der Waals surface area contributed by atoms with Gasteiger partial charge in [-0.2, -0.15) is 0 Å². The Kier molecular flexibility index (Phi) is 4.60. The van der Waals surface area contributed by atoms with Crippen molar-refractivity contribution in [3.8, 4) is 0 Å². The van der Waals surface area contributed by atoms with Crippen LogP contribution in [0.5, 0.6) is 0 Å². The number of hydrogen-bond acceptors (Lipinski definition) is 3. The zero-order valence-electron chi connectivity index (χ0n) is 11.7. The van der Waals surface area contributed by atoms with Crippen LogP contribution in [0.3, 0.4) is 0 Å². The molecule has 0 spiro atoms. The summed E-state index contributed by atoms with van der Waals surface area (Å²) in [4.78, 5) is 12.9. The zero-order chi connectivity index (χ0) is 14.7. The molecule has 5 heteroatoms. The van der Waals surface area contributed by atoms with E-state index in [0.29, 0.717) is 23.6 Å². The van der Waals surface area contributed by atoms with Crippen molar-refractivity contribution < 1.29 is 14.3 Å². The summed E-state index contributed by atoms with van der Waals surface area (Å²) < 4.78 is 14.1. The number of amides is 1. The average molecular weight is 280 g/mol. The van der Waals surface area contributed by atoms with Crippen LogP contribution >= 0.6 is 0 Å². The van der Waals surface area contributed by atoms with Crippen molar-refractivity contribution in [2.24, 2.45) is 11.7 Å². The first-order valence-corrected chi connectivity index (χ1v) is 6.98. The van der Waals surface area contributed by atoms with E-state index in [-0.39, 0.29) is 11.7 Å². The lowest BCUT2D eigenvalue weighted by atomic mass is 9.93. The molecule has 110 valence electrons. The summed E-state index contributed by atoms with van der Waals surface area (Å²) in [5.41, 5.74) is 6.34. The van der Waals surface area contributed by atoms with Crippen molar-refractivity contribution >= 4 is 11.6 Å². The summed E-state index contributed by atoms with van der Waals surface area (Å²) in [6.07, 6.45) is 1.44. The molecule has 1 atom stereocenters. The van der Waals surface area contributed by atoms with Crippen LogP contribution in [0.1, 0.15) is 37.9 Å². The highest BCUT2D eigenvalue weighted by molar-refractivity contribution is 5.74. The first kappa shape index (κ1) is 14.8. The van der Waals surface area contributed by atoms with Crippen LogP contribution in [-0.4, -0.2) is 24.1 Å². The summed E-state index contributed by atoms with van der Waals surface area (Å²) >= 11 is 0. The number of aliphatic hydroxyl groups excluding tert-OH is 1. The third-order valence-electron chi connectivity index (χ3n) is 3.90. The number of carbonyl (C=O) groups excluding carboxylic acids is 1. The van der Waals surface area contributed by atoms with Crippen LogP contribution in [0.4, 0.5) is 10.1 Å². The van der Waals surface area contributed by atoms with E-state index in [0.717, 1.165) is 25.9 Å². The Balaban J connectivity index is 2.02. The number of carbonyl (C=O) groups is 1. The molecule has 0 radical (unpaired) electrons. The number of piperidine rings is 1. The van der Waals surface area contributed by atoms with E-state index < -0.39 is 6.10 Å². The number of anilines is 1. The van der Waals surface area contributed by atoms with E-state index in [2.05, 4.69) is 0 Å². The standard InChI is InChI=1S/C15H21FN2O2/c1-10(19)12-2-3-14(13(16)9-12)18-6-4-11(5-7-18)8-15(17)20/h2-3,9-11,19H,4-8H2,1H3,(H2,17,20)/t10-/m1/s1. The van der Waals surface area contributed by atoms with E-state index in [1.807, 2.05) is 4.90 Å². The molecule has 20 heavy (non-hydrogen) atoms. The molecule has 1 aliphatic rings. The molecule has 1 saturated heterocycles. The summed E-state index contributed by atoms with van der Waals surface area (Å²) in [7, 11) is 0. The Morgan fingerprint density at radius 1 is 1.50 bits per heavy atom. The van der Waals surface area contributed by atoms with Gasteiger partial charge in [-0.05, 0) is 43.4 Å². The van der Waals surface area contributed by atoms with Gasteiger partial charge in [-0.25, -0.2) is 4.39 Å². The van der Waals surface area contributed by atoms with Gasteiger partial charge in [0, 0.05) is 19.5 Å². The van der Waals surface area contributed by atoms with Crippen LogP contribution in [-0.2, 0) is 4.79 Å². The van der Waals surface area contributed by atoms with E-state index in [4.69, 9.17) is 5.73 Å². The smallest absolute Gasteiger partial charge is 0.217 e. The second-order valence-corrected chi connectivity index (χ2v) is 5.49. The fourth-order valence-corrected chi connectivity index (χ4v) is 2.70. The van der Waals surface area contributed by atoms with Crippen LogP contribution in [0, 0.1) is 11.7 Å².